The normalized spacial score (nSPS) is 31.8. The summed E-state index contributed by atoms with van der Waals surface area (Å²) in [6.45, 7) is 5.79. The molecule has 0 amide bonds. The largest absolute Gasteiger partial charge is 0.399 e. The smallest absolute Gasteiger partial charge is 0.0367 e. The number of piperidine rings is 1. The Bertz CT molecular complexity index is 299. The molecule has 0 radical (unpaired) electrons. The van der Waals surface area contributed by atoms with Crippen LogP contribution in [-0.2, 0) is 0 Å². The van der Waals surface area contributed by atoms with Crippen LogP contribution in [0, 0.1) is 5.92 Å². The summed E-state index contributed by atoms with van der Waals surface area (Å²) in [5.41, 5.74) is 8.52. The first-order valence-corrected chi connectivity index (χ1v) is 5.41. The van der Waals surface area contributed by atoms with Crippen molar-refractivity contribution in [2.45, 2.75) is 32.2 Å². The number of fused-ring (bicyclic) bond motifs is 1. The Morgan fingerprint density at radius 3 is 2.93 bits per heavy atom. The Kier molecular flexibility index (Phi) is 2.18. The van der Waals surface area contributed by atoms with Crippen LogP contribution in [0.1, 0.15) is 26.7 Å². The maximum absolute atomic E-state index is 5.87. The molecule has 2 aliphatic rings. The van der Waals surface area contributed by atoms with Crippen LogP contribution >= 0.6 is 0 Å². The molecule has 1 fully saturated rings. The van der Waals surface area contributed by atoms with Crippen LogP contribution in [0.25, 0.3) is 0 Å². The third-order valence-corrected chi connectivity index (χ3v) is 3.87. The minimum atomic E-state index is 0.182. The van der Waals surface area contributed by atoms with Gasteiger partial charge in [-0.15, -0.1) is 0 Å². The molecule has 0 spiro atoms. The van der Waals surface area contributed by atoms with E-state index in [1.165, 1.54) is 18.5 Å². The molecule has 1 heterocycles. The molecule has 1 aliphatic carbocycles. The molecule has 0 bridgehead atoms. The second-order valence-electron chi connectivity index (χ2n) is 5.01. The van der Waals surface area contributed by atoms with Crippen molar-refractivity contribution < 1.29 is 0 Å². The fraction of sp³-hybridized carbons (Fsp3) is 0.667. The number of nitrogens with two attached hydrogens (primary N) is 1. The van der Waals surface area contributed by atoms with E-state index >= 15 is 0 Å². The van der Waals surface area contributed by atoms with Gasteiger partial charge >= 0.3 is 0 Å². The van der Waals surface area contributed by atoms with Crippen molar-refractivity contribution in [1.29, 1.82) is 0 Å². The van der Waals surface area contributed by atoms with Gasteiger partial charge < -0.3 is 5.73 Å². The number of allylic oxidation sites excluding steroid dienone is 2. The van der Waals surface area contributed by atoms with Crippen molar-refractivity contribution in [3.63, 3.8) is 0 Å². The molecule has 0 saturated carbocycles. The topological polar surface area (TPSA) is 29.3 Å². The van der Waals surface area contributed by atoms with Crippen LogP contribution in [-0.4, -0.2) is 24.0 Å². The predicted octanol–water partition coefficient (Wildman–Crippen LogP) is 1.89. The van der Waals surface area contributed by atoms with E-state index in [1.54, 1.807) is 0 Å². The summed E-state index contributed by atoms with van der Waals surface area (Å²) in [5.74, 6) is 0.730. The van der Waals surface area contributed by atoms with E-state index in [0.717, 1.165) is 18.0 Å². The monoisotopic (exact) mass is 192 g/mol. The highest BCUT2D eigenvalue weighted by atomic mass is 15.2. The quantitative estimate of drug-likeness (QED) is 0.635. The van der Waals surface area contributed by atoms with Crippen LogP contribution in [0.3, 0.4) is 0 Å². The number of likely N-dealkylation sites (tertiary alicyclic amines) is 1. The molecule has 1 aliphatic heterocycles. The zero-order valence-electron chi connectivity index (χ0n) is 9.38. The number of hydrogen-bond acceptors (Lipinski definition) is 2. The lowest BCUT2D eigenvalue weighted by Crippen LogP contribution is -2.50. The molecule has 0 aromatic heterocycles. The lowest BCUT2D eigenvalue weighted by atomic mass is 9.74. The van der Waals surface area contributed by atoms with E-state index in [4.69, 9.17) is 5.73 Å². The zero-order valence-corrected chi connectivity index (χ0v) is 9.38. The molecule has 14 heavy (non-hydrogen) atoms. The minimum Gasteiger partial charge on any atom is -0.399 e. The average molecular weight is 192 g/mol. The molecule has 2 nitrogen and oxygen atoms in total. The second kappa shape index (κ2) is 3.13. The van der Waals surface area contributed by atoms with E-state index < -0.39 is 0 Å². The molecule has 0 aromatic rings. The van der Waals surface area contributed by atoms with Gasteiger partial charge in [0, 0.05) is 11.2 Å². The van der Waals surface area contributed by atoms with E-state index in [2.05, 4.69) is 37.9 Å². The number of rotatable bonds is 0. The number of nitrogens with zero attached hydrogens (tertiary/aromatic N) is 1. The highest BCUT2D eigenvalue weighted by Gasteiger charge is 2.37. The first kappa shape index (κ1) is 9.78. The van der Waals surface area contributed by atoms with Crippen LogP contribution in [0.4, 0.5) is 0 Å². The molecule has 2 heteroatoms. The third-order valence-electron chi connectivity index (χ3n) is 3.87. The van der Waals surface area contributed by atoms with Crippen LogP contribution in [0.5, 0.6) is 0 Å². The molecular weight excluding hydrogens is 172 g/mol. The van der Waals surface area contributed by atoms with E-state index in [9.17, 15) is 0 Å². The highest BCUT2D eigenvalue weighted by molar-refractivity contribution is 5.35. The lowest BCUT2D eigenvalue weighted by molar-refractivity contribution is 0.133. The van der Waals surface area contributed by atoms with Gasteiger partial charge in [0.1, 0.15) is 0 Å². The Hall–Kier alpha value is -0.760. The van der Waals surface area contributed by atoms with Gasteiger partial charge in [-0.3, -0.25) is 4.90 Å². The van der Waals surface area contributed by atoms with Gasteiger partial charge in [0.25, 0.3) is 0 Å². The summed E-state index contributed by atoms with van der Waals surface area (Å²) < 4.78 is 0. The van der Waals surface area contributed by atoms with Gasteiger partial charge in [0.05, 0.1) is 0 Å². The van der Waals surface area contributed by atoms with Crippen LogP contribution < -0.4 is 5.73 Å². The summed E-state index contributed by atoms with van der Waals surface area (Å²) in [6, 6.07) is 0. The van der Waals surface area contributed by atoms with Gasteiger partial charge in [-0.05, 0) is 57.8 Å². The summed E-state index contributed by atoms with van der Waals surface area (Å²) in [7, 11) is 2.20. The van der Waals surface area contributed by atoms with Gasteiger partial charge in [-0.1, -0.05) is 6.08 Å². The van der Waals surface area contributed by atoms with Crippen molar-refractivity contribution in [2.24, 2.45) is 11.7 Å². The van der Waals surface area contributed by atoms with Crippen molar-refractivity contribution in [1.82, 2.24) is 4.90 Å². The summed E-state index contributed by atoms with van der Waals surface area (Å²) in [5, 5.41) is 0. The molecule has 1 atom stereocenters. The van der Waals surface area contributed by atoms with Gasteiger partial charge in [-0.2, -0.15) is 0 Å². The summed E-state index contributed by atoms with van der Waals surface area (Å²) in [4.78, 5) is 2.42. The summed E-state index contributed by atoms with van der Waals surface area (Å²) >= 11 is 0. The third kappa shape index (κ3) is 1.38. The zero-order chi connectivity index (χ0) is 10.3. The Labute approximate surface area is 86.5 Å². The van der Waals surface area contributed by atoms with Crippen LogP contribution in [0.15, 0.2) is 23.4 Å². The maximum Gasteiger partial charge on any atom is 0.0367 e. The molecule has 1 unspecified atom stereocenters. The molecule has 78 valence electrons. The predicted molar refractivity (Wildman–Crippen MR) is 59.8 cm³/mol. The lowest BCUT2D eigenvalue weighted by Gasteiger charge is -2.47. The molecular formula is C12H20N2. The molecule has 2 rings (SSSR count). The Morgan fingerprint density at radius 1 is 1.50 bits per heavy atom. The summed E-state index contributed by atoms with van der Waals surface area (Å²) in [6.07, 6.45) is 6.75. The van der Waals surface area contributed by atoms with E-state index in [0.29, 0.717) is 0 Å². The first-order chi connectivity index (χ1) is 6.51. The molecule has 1 saturated heterocycles. The fourth-order valence-corrected chi connectivity index (χ4v) is 2.56. The van der Waals surface area contributed by atoms with Crippen molar-refractivity contribution >= 4 is 0 Å². The fourth-order valence-electron chi connectivity index (χ4n) is 2.56. The standard InChI is InChI=1S/C12H20N2/c1-12(2)11-8-10(13)5-4-9(11)6-7-14(12)3/h5,8-9H,4,6-7,13H2,1-3H3. The first-order valence-electron chi connectivity index (χ1n) is 5.41. The van der Waals surface area contributed by atoms with E-state index in [-0.39, 0.29) is 5.54 Å². The Balaban J connectivity index is 2.36. The van der Waals surface area contributed by atoms with Gasteiger partial charge in [0.15, 0.2) is 0 Å². The van der Waals surface area contributed by atoms with Crippen molar-refractivity contribution in [2.75, 3.05) is 13.6 Å². The number of likely N-dealkylation sites (N-methyl/N-ethyl adjacent to an activating group) is 1. The van der Waals surface area contributed by atoms with Crippen molar-refractivity contribution in [3.05, 3.63) is 23.4 Å². The van der Waals surface area contributed by atoms with Crippen LogP contribution in [0.2, 0.25) is 0 Å². The highest BCUT2D eigenvalue weighted by Crippen LogP contribution is 2.39. The SMILES string of the molecule is CN1CCC2CC=C(N)C=C2C1(C)C. The van der Waals surface area contributed by atoms with Gasteiger partial charge in [0.2, 0.25) is 0 Å². The van der Waals surface area contributed by atoms with Gasteiger partial charge in [-0.25, -0.2) is 0 Å². The van der Waals surface area contributed by atoms with E-state index in [1.807, 2.05) is 0 Å². The maximum atomic E-state index is 5.87. The molecule has 2 N–H and O–H groups in total. The number of hydrogen-bond donors (Lipinski definition) is 1. The minimum absolute atomic E-state index is 0.182. The van der Waals surface area contributed by atoms with Crippen molar-refractivity contribution in [3.8, 4) is 0 Å². The average Bonchev–Trinajstić information content (AvgIpc) is 2.13. The Morgan fingerprint density at radius 2 is 2.21 bits per heavy atom. The molecule has 0 aromatic carbocycles. The second-order valence-corrected chi connectivity index (χ2v) is 5.01.